The zero-order valence-electron chi connectivity index (χ0n) is 11.0. The molecule has 0 unspecified atom stereocenters. The van der Waals surface area contributed by atoms with Gasteiger partial charge >= 0.3 is 0 Å². The Balaban J connectivity index is 1.71. The number of carbonyl (C=O) groups is 1. The van der Waals surface area contributed by atoms with Crippen LogP contribution in [0.25, 0.3) is 0 Å². The summed E-state index contributed by atoms with van der Waals surface area (Å²) in [6.45, 7) is 2.63. The van der Waals surface area contributed by atoms with Gasteiger partial charge in [0.15, 0.2) is 5.78 Å². The first kappa shape index (κ1) is 12.0. The number of rotatable bonds is 3. The summed E-state index contributed by atoms with van der Waals surface area (Å²) in [5.41, 5.74) is 4.39. The second-order valence-electron chi connectivity index (χ2n) is 5.02. The first-order chi connectivity index (χ1) is 9.22. The number of aryl methyl sites for hydroxylation is 2. The highest BCUT2D eigenvalue weighted by Gasteiger charge is 2.19. The van der Waals surface area contributed by atoms with Gasteiger partial charge in [0.05, 0.1) is 0 Å². The molecule has 0 fully saturated rings. The van der Waals surface area contributed by atoms with Crippen LogP contribution in [-0.4, -0.2) is 5.78 Å². The van der Waals surface area contributed by atoms with E-state index in [0.29, 0.717) is 13.0 Å². The van der Waals surface area contributed by atoms with Gasteiger partial charge in [-0.3, -0.25) is 4.79 Å². The minimum absolute atomic E-state index is 0.250. The van der Waals surface area contributed by atoms with Crippen molar-refractivity contribution in [1.82, 2.24) is 0 Å². The average molecular weight is 252 g/mol. The molecule has 19 heavy (non-hydrogen) atoms. The molecule has 0 saturated heterocycles. The predicted molar refractivity (Wildman–Crippen MR) is 74.6 cm³/mol. The molecule has 1 aliphatic carbocycles. The van der Waals surface area contributed by atoms with Gasteiger partial charge in [0.1, 0.15) is 12.4 Å². The summed E-state index contributed by atoms with van der Waals surface area (Å²) >= 11 is 0. The number of hydrogen-bond acceptors (Lipinski definition) is 2. The lowest BCUT2D eigenvalue weighted by Crippen LogP contribution is -1.97. The smallest absolute Gasteiger partial charge is 0.163 e. The summed E-state index contributed by atoms with van der Waals surface area (Å²) in [4.78, 5) is 11.5. The molecule has 0 spiro atoms. The third kappa shape index (κ3) is 2.53. The highest BCUT2D eigenvalue weighted by atomic mass is 16.5. The molecule has 2 aromatic carbocycles. The Morgan fingerprint density at radius 2 is 1.84 bits per heavy atom. The van der Waals surface area contributed by atoms with E-state index in [1.165, 1.54) is 5.56 Å². The molecule has 2 heteroatoms. The van der Waals surface area contributed by atoms with E-state index in [1.54, 1.807) is 0 Å². The lowest BCUT2D eigenvalue weighted by Gasteiger charge is -2.08. The Morgan fingerprint density at radius 3 is 2.63 bits per heavy atom. The second kappa shape index (κ2) is 4.88. The van der Waals surface area contributed by atoms with Crippen molar-refractivity contribution in [3.8, 4) is 5.75 Å². The van der Waals surface area contributed by atoms with Crippen LogP contribution in [0, 0.1) is 6.92 Å². The van der Waals surface area contributed by atoms with Gasteiger partial charge in [-0.2, -0.15) is 0 Å². The van der Waals surface area contributed by atoms with Crippen LogP contribution in [-0.2, 0) is 13.0 Å². The van der Waals surface area contributed by atoms with Crippen LogP contribution in [0.15, 0.2) is 42.5 Å². The highest BCUT2D eigenvalue weighted by Crippen LogP contribution is 2.26. The van der Waals surface area contributed by atoms with Gasteiger partial charge in [0, 0.05) is 12.0 Å². The molecule has 0 saturated carbocycles. The minimum Gasteiger partial charge on any atom is -0.489 e. The quantitative estimate of drug-likeness (QED) is 0.832. The van der Waals surface area contributed by atoms with E-state index in [0.717, 1.165) is 28.9 Å². The monoisotopic (exact) mass is 252 g/mol. The molecule has 3 rings (SSSR count). The number of ketones is 1. The van der Waals surface area contributed by atoms with Crippen LogP contribution in [0.1, 0.15) is 33.5 Å². The number of hydrogen-bond donors (Lipinski definition) is 0. The summed E-state index contributed by atoms with van der Waals surface area (Å²) in [7, 11) is 0. The summed E-state index contributed by atoms with van der Waals surface area (Å²) in [6.07, 6.45) is 1.48. The molecule has 0 radical (unpaired) electrons. The molecule has 0 aromatic heterocycles. The number of fused-ring (bicyclic) bond motifs is 1. The Morgan fingerprint density at radius 1 is 1.05 bits per heavy atom. The molecule has 0 amide bonds. The third-order valence-corrected chi connectivity index (χ3v) is 3.52. The lowest BCUT2D eigenvalue weighted by atomic mass is 10.1. The van der Waals surface area contributed by atoms with E-state index in [-0.39, 0.29) is 5.78 Å². The molecule has 1 aliphatic rings. The standard InChI is InChI=1S/C17H16O2/c1-12-2-4-13(5-3-12)11-19-15-7-8-16-14(10-15)6-9-17(16)18/h2-5,7-8,10H,6,9,11H2,1H3. The van der Waals surface area contributed by atoms with Crippen LogP contribution >= 0.6 is 0 Å². The van der Waals surface area contributed by atoms with Gasteiger partial charge in [0.25, 0.3) is 0 Å². The topological polar surface area (TPSA) is 26.3 Å². The maximum Gasteiger partial charge on any atom is 0.163 e. The summed E-state index contributed by atoms with van der Waals surface area (Å²) < 4.78 is 5.78. The normalized spacial score (nSPS) is 13.4. The molecule has 0 atom stereocenters. The Bertz CT molecular complexity index is 612. The summed E-state index contributed by atoms with van der Waals surface area (Å²) in [6, 6.07) is 14.1. The average Bonchev–Trinajstić information content (AvgIpc) is 2.79. The van der Waals surface area contributed by atoms with Crippen molar-refractivity contribution in [2.24, 2.45) is 0 Å². The van der Waals surface area contributed by atoms with Crippen LogP contribution < -0.4 is 4.74 Å². The summed E-state index contributed by atoms with van der Waals surface area (Å²) in [5.74, 6) is 1.09. The first-order valence-electron chi connectivity index (χ1n) is 6.57. The van der Waals surface area contributed by atoms with Gasteiger partial charge in [0.2, 0.25) is 0 Å². The minimum atomic E-state index is 0.250. The van der Waals surface area contributed by atoms with Crippen molar-refractivity contribution in [3.05, 3.63) is 64.7 Å². The zero-order chi connectivity index (χ0) is 13.2. The molecule has 0 N–H and O–H groups in total. The number of carbonyl (C=O) groups excluding carboxylic acids is 1. The molecule has 2 aromatic rings. The van der Waals surface area contributed by atoms with Crippen molar-refractivity contribution >= 4 is 5.78 Å². The van der Waals surface area contributed by atoms with E-state index in [2.05, 4.69) is 31.2 Å². The van der Waals surface area contributed by atoms with Gasteiger partial charge < -0.3 is 4.74 Å². The van der Waals surface area contributed by atoms with Crippen molar-refractivity contribution < 1.29 is 9.53 Å². The highest BCUT2D eigenvalue weighted by molar-refractivity contribution is 6.00. The Labute approximate surface area is 113 Å². The van der Waals surface area contributed by atoms with Gasteiger partial charge in [-0.25, -0.2) is 0 Å². The van der Waals surface area contributed by atoms with Crippen molar-refractivity contribution in [3.63, 3.8) is 0 Å². The number of ether oxygens (including phenoxy) is 1. The zero-order valence-corrected chi connectivity index (χ0v) is 11.0. The molecule has 2 nitrogen and oxygen atoms in total. The third-order valence-electron chi connectivity index (χ3n) is 3.52. The molecule has 96 valence electrons. The Kier molecular flexibility index (Phi) is 3.08. The van der Waals surface area contributed by atoms with Crippen LogP contribution in [0.3, 0.4) is 0 Å². The SMILES string of the molecule is Cc1ccc(COc2ccc3c(c2)CCC3=O)cc1. The van der Waals surface area contributed by atoms with Crippen LogP contribution in [0.2, 0.25) is 0 Å². The fraction of sp³-hybridized carbons (Fsp3) is 0.235. The predicted octanol–water partition coefficient (Wildman–Crippen LogP) is 3.70. The van der Waals surface area contributed by atoms with Gasteiger partial charge in [-0.1, -0.05) is 29.8 Å². The Hall–Kier alpha value is -2.09. The van der Waals surface area contributed by atoms with Gasteiger partial charge in [-0.15, -0.1) is 0 Å². The fourth-order valence-electron chi connectivity index (χ4n) is 2.37. The van der Waals surface area contributed by atoms with E-state index in [1.807, 2.05) is 18.2 Å². The fourth-order valence-corrected chi connectivity index (χ4v) is 2.37. The van der Waals surface area contributed by atoms with E-state index < -0.39 is 0 Å². The maximum absolute atomic E-state index is 11.5. The van der Waals surface area contributed by atoms with E-state index >= 15 is 0 Å². The maximum atomic E-state index is 11.5. The molecule has 0 heterocycles. The van der Waals surface area contributed by atoms with E-state index in [9.17, 15) is 4.79 Å². The van der Waals surface area contributed by atoms with Crippen LogP contribution in [0.4, 0.5) is 0 Å². The van der Waals surface area contributed by atoms with Crippen LogP contribution in [0.5, 0.6) is 5.75 Å². The van der Waals surface area contributed by atoms with Crippen molar-refractivity contribution in [2.45, 2.75) is 26.4 Å². The first-order valence-corrected chi connectivity index (χ1v) is 6.57. The van der Waals surface area contributed by atoms with E-state index in [4.69, 9.17) is 4.74 Å². The number of benzene rings is 2. The largest absolute Gasteiger partial charge is 0.489 e. The van der Waals surface area contributed by atoms with Crippen molar-refractivity contribution in [2.75, 3.05) is 0 Å². The van der Waals surface area contributed by atoms with Crippen molar-refractivity contribution in [1.29, 1.82) is 0 Å². The summed E-state index contributed by atoms with van der Waals surface area (Å²) in [5, 5.41) is 0. The molecular formula is C17H16O2. The second-order valence-corrected chi connectivity index (χ2v) is 5.02. The lowest BCUT2D eigenvalue weighted by molar-refractivity contribution is 0.0994. The number of Topliss-reactive ketones (excluding diaryl/α,β-unsaturated/α-hetero) is 1. The molecule has 0 aliphatic heterocycles. The van der Waals surface area contributed by atoms with Gasteiger partial charge in [-0.05, 0) is 42.7 Å². The molecular weight excluding hydrogens is 236 g/mol. The molecule has 0 bridgehead atoms.